The van der Waals surface area contributed by atoms with Crippen LogP contribution in [0.3, 0.4) is 0 Å². The van der Waals surface area contributed by atoms with Gasteiger partial charge in [-0.15, -0.1) is 0 Å². The fourth-order valence-electron chi connectivity index (χ4n) is 0.955. The van der Waals surface area contributed by atoms with Crippen LogP contribution in [-0.4, -0.2) is 18.1 Å². The Kier molecular flexibility index (Phi) is 0.238. The molecule has 0 saturated carbocycles. The van der Waals surface area contributed by atoms with E-state index >= 15 is 0 Å². The van der Waals surface area contributed by atoms with Gasteiger partial charge in [0.2, 0.25) is 0 Å². The Hall–Kier alpha value is -1.12. The summed E-state index contributed by atoms with van der Waals surface area (Å²) in [5, 5.41) is 3.09. The first kappa shape index (κ1) is 3.02. The predicted octanol–water partition coefficient (Wildman–Crippen LogP) is -0.334. The maximum absolute atomic E-state index is 4.08. The van der Waals surface area contributed by atoms with Crippen molar-refractivity contribution >= 4 is 12.1 Å². The van der Waals surface area contributed by atoms with Gasteiger partial charge in [0.1, 0.15) is 0 Å². The van der Waals surface area contributed by atoms with Gasteiger partial charge in [-0.3, -0.25) is 4.99 Å². The minimum Gasteiger partial charge on any atom is -0.352 e. The predicted molar refractivity (Wildman–Crippen MR) is 29.9 cm³/mol. The minimum absolute atomic E-state index is 0.356. The van der Waals surface area contributed by atoms with E-state index in [4.69, 9.17) is 0 Å². The van der Waals surface area contributed by atoms with Crippen LogP contribution in [0.1, 0.15) is 0 Å². The van der Waals surface area contributed by atoms with Crippen LogP contribution in [0, 0.1) is 0 Å². The lowest BCUT2D eigenvalue weighted by Gasteiger charge is -1.79. The second-order valence-corrected chi connectivity index (χ2v) is 2.10. The van der Waals surface area contributed by atoms with Crippen molar-refractivity contribution in [3.8, 4) is 0 Å². The van der Waals surface area contributed by atoms with Crippen LogP contribution in [0.25, 0.3) is 0 Å². The number of fused-ring (bicyclic) bond motifs is 2. The molecule has 1 N–H and O–H groups in total. The highest BCUT2D eigenvalue weighted by Crippen LogP contribution is 2.32. The van der Waals surface area contributed by atoms with Gasteiger partial charge >= 0.3 is 0 Å². The zero-order valence-electron chi connectivity index (χ0n) is 4.05. The fourth-order valence-corrected chi connectivity index (χ4v) is 0.955. The third kappa shape index (κ3) is 0.186. The summed E-state index contributed by atoms with van der Waals surface area (Å²) < 4.78 is 0. The smallest absolute Gasteiger partial charge is 0.155 e. The number of amidine groups is 1. The topological polar surface area (TPSA) is 46.7 Å². The van der Waals surface area contributed by atoms with Crippen LogP contribution >= 0.6 is 0 Å². The summed E-state index contributed by atoms with van der Waals surface area (Å²) in [4.78, 5) is 8.11. The number of nitrogens with one attached hydrogen (secondary N) is 1. The lowest BCUT2D eigenvalue weighted by atomic mass is 10.3. The van der Waals surface area contributed by atoms with Crippen LogP contribution in [0.5, 0.6) is 0 Å². The molecule has 0 aromatic heterocycles. The maximum atomic E-state index is 4.08. The molecule has 8 heavy (non-hydrogen) atoms. The van der Waals surface area contributed by atoms with E-state index in [0.29, 0.717) is 6.04 Å². The Bertz CT molecular complexity index is 259. The molecule has 3 rings (SSSR count). The SMILES string of the molecule is C1=NC2=NC2C2=C1N2. The molecule has 3 nitrogen and oxygen atoms in total. The van der Waals surface area contributed by atoms with Crippen molar-refractivity contribution < 1.29 is 0 Å². The normalized spacial score (nSPS) is 35.0. The first-order chi connectivity index (χ1) is 3.95. The van der Waals surface area contributed by atoms with Crippen LogP contribution in [-0.2, 0) is 0 Å². The monoisotopic (exact) mass is 105 g/mol. The van der Waals surface area contributed by atoms with Crippen molar-refractivity contribution in [1.29, 1.82) is 0 Å². The van der Waals surface area contributed by atoms with E-state index in [2.05, 4.69) is 15.3 Å². The minimum atomic E-state index is 0.356. The lowest BCUT2D eigenvalue weighted by molar-refractivity contribution is 1.14. The van der Waals surface area contributed by atoms with Crippen molar-refractivity contribution in [2.75, 3.05) is 0 Å². The molecule has 0 aromatic rings. The van der Waals surface area contributed by atoms with Gasteiger partial charge in [-0.1, -0.05) is 0 Å². The molecule has 1 unspecified atom stereocenters. The summed E-state index contributed by atoms with van der Waals surface area (Å²) in [6, 6.07) is 0.356. The van der Waals surface area contributed by atoms with E-state index in [0.717, 1.165) is 5.84 Å². The molecule has 0 bridgehead atoms. The first-order valence-electron chi connectivity index (χ1n) is 2.58. The standard InChI is InChI=1S/C5H3N3/c1-2-3(7-2)4-5(6-1)8-4/h1,4,7H. The van der Waals surface area contributed by atoms with E-state index in [-0.39, 0.29) is 0 Å². The van der Waals surface area contributed by atoms with Crippen molar-refractivity contribution in [3.05, 3.63) is 11.4 Å². The summed E-state index contributed by atoms with van der Waals surface area (Å²) in [5.41, 5.74) is 2.45. The molecule has 0 aromatic carbocycles. The highest BCUT2D eigenvalue weighted by atomic mass is 15.2. The molecule has 0 saturated heterocycles. The van der Waals surface area contributed by atoms with E-state index in [9.17, 15) is 0 Å². The fraction of sp³-hybridized carbons (Fsp3) is 0.200. The third-order valence-corrected chi connectivity index (χ3v) is 1.53. The van der Waals surface area contributed by atoms with Gasteiger partial charge in [0.05, 0.1) is 17.6 Å². The van der Waals surface area contributed by atoms with Gasteiger partial charge in [0, 0.05) is 0 Å². The van der Waals surface area contributed by atoms with Crippen molar-refractivity contribution in [2.24, 2.45) is 9.98 Å². The molecule has 0 fully saturated rings. The van der Waals surface area contributed by atoms with Gasteiger partial charge in [0.25, 0.3) is 0 Å². The van der Waals surface area contributed by atoms with Gasteiger partial charge < -0.3 is 5.32 Å². The molecular weight excluding hydrogens is 102 g/mol. The second kappa shape index (κ2) is 0.632. The summed E-state index contributed by atoms with van der Waals surface area (Å²) >= 11 is 0. The van der Waals surface area contributed by atoms with Gasteiger partial charge in [-0.05, 0) is 0 Å². The van der Waals surface area contributed by atoms with Crippen LogP contribution in [0.2, 0.25) is 0 Å². The third-order valence-electron chi connectivity index (χ3n) is 1.53. The molecule has 3 heteroatoms. The molecule has 0 radical (unpaired) electrons. The Morgan fingerprint density at radius 1 is 1.62 bits per heavy atom. The number of nitrogens with zero attached hydrogens (tertiary/aromatic N) is 2. The number of hydrogen-bond donors (Lipinski definition) is 1. The summed E-state index contributed by atoms with van der Waals surface area (Å²) in [6.45, 7) is 0. The van der Waals surface area contributed by atoms with Gasteiger partial charge in [0.15, 0.2) is 11.9 Å². The van der Waals surface area contributed by atoms with E-state index in [1.165, 1.54) is 11.4 Å². The highest BCUT2D eigenvalue weighted by molar-refractivity contribution is 6.13. The van der Waals surface area contributed by atoms with Gasteiger partial charge in [-0.25, -0.2) is 4.99 Å². The molecule has 0 spiro atoms. The number of dihydropyridines is 1. The molecule has 3 aliphatic heterocycles. The zero-order valence-corrected chi connectivity index (χ0v) is 4.05. The molecule has 3 aliphatic rings. The Morgan fingerprint density at radius 2 is 2.62 bits per heavy atom. The molecule has 3 heterocycles. The molecule has 1 atom stereocenters. The van der Waals surface area contributed by atoms with Crippen molar-refractivity contribution in [2.45, 2.75) is 6.04 Å². The van der Waals surface area contributed by atoms with Crippen LogP contribution in [0.4, 0.5) is 0 Å². The number of aliphatic imine (C=N–C) groups is 2. The van der Waals surface area contributed by atoms with Crippen molar-refractivity contribution in [1.82, 2.24) is 5.32 Å². The first-order valence-corrected chi connectivity index (χ1v) is 2.58. The van der Waals surface area contributed by atoms with Crippen molar-refractivity contribution in [3.63, 3.8) is 0 Å². The number of hydrogen-bond acceptors (Lipinski definition) is 3. The van der Waals surface area contributed by atoms with Crippen LogP contribution < -0.4 is 5.32 Å². The molecule has 0 amide bonds. The number of allylic oxidation sites excluding steroid dienone is 1. The molecule has 0 aliphatic carbocycles. The Balaban J connectivity index is 2.22. The highest BCUT2D eigenvalue weighted by Gasteiger charge is 2.42. The molecular formula is C5H3N3. The maximum Gasteiger partial charge on any atom is 0.155 e. The largest absolute Gasteiger partial charge is 0.352 e. The van der Waals surface area contributed by atoms with Crippen LogP contribution in [0.15, 0.2) is 21.4 Å². The average Bonchev–Trinajstić information content (AvgIpc) is 2.59. The quantitative estimate of drug-likeness (QED) is 0.450. The average molecular weight is 105 g/mol. The molecule has 38 valence electrons. The Morgan fingerprint density at radius 3 is 3.50 bits per heavy atom. The number of rotatable bonds is 0. The van der Waals surface area contributed by atoms with E-state index < -0.39 is 0 Å². The Labute approximate surface area is 45.8 Å². The van der Waals surface area contributed by atoms with Gasteiger partial charge in [-0.2, -0.15) is 0 Å². The summed E-state index contributed by atoms with van der Waals surface area (Å²) in [6.07, 6.45) is 1.83. The lowest BCUT2D eigenvalue weighted by Crippen LogP contribution is -1.95. The van der Waals surface area contributed by atoms with E-state index in [1.54, 1.807) is 0 Å². The second-order valence-electron chi connectivity index (χ2n) is 2.10. The van der Waals surface area contributed by atoms with E-state index in [1.807, 2.05) is 6.21 Å². The summed E-state index contributed by atoms with van der Waals surface area (Å²) in [5.74, 6) is 0.994. The summed E-state index contributed by atoms with van der Waals surface area (Å²) in [7, 11) is 0. The zero-order chi connectivity index (χ0) is 5.14.